The lowest BCUT2D eigenvalue weighted by Gasteiger charge is -2.38. The van der Waals surface area contributed by atoms with E-state index >= 15 is 0 Å². The van der Waals surface area contributed by atoms with Crippen molar-refractivity contribution in [2.45, 2.75) is 51.4 Å². The molecule has 2 aromatic carbocycles. The van der Waals surface area contributed by atoms with Crippen LogP contribution in [0.3, 0.4) is 0 Å². The monoisotopic (exact) mass is 347 g/mol. The van der Waals surface area contributed by atoms with Gasteiger partial charge in [-0.25, -0.2) is 0 Å². The molecule has 2 aliphatic carbocycles. The van der Waals surface area contributed by atoms with Crippen molar-refractivity contribution in [2.75, 3.05) is 12.4 Å². The summed E-state index contributed by atoms with van der Waals surface area (Å²) in [7, 11) is 1.79. The van der Waals surface area contributed by atoms with Crippen LogP contribution >= 0.6 is 0 Å². The smallest absolute Gasteiger partial charge is 0.122 e. The Morgan fingerprint density at radius 1 is 1.15 bits per heavy atom. The third kappa shape index (κ3) is 3.13. The number of nitrogens with one attached hydrogen (secondary N) is 1. The molecule has 2 atom stereocenters. The zero-order chi connectivity index (χ0) is 18.1. The molecule has 26 heavy (non-hydrogen) atoms. The molecule has 2 bridgehead atoms. The van der Waals surface area contributed by atoms with Crippen molar-refractivity contribution in [3.8, 4) is 5.75 Å². The van der Waals surface area contributed by atoms with Crippen LogP contribution in [0.25, 0.3) is 0 Å². The topological polar surface area (TPSA) is 21.3 Å². The molecule has 0 radical (unpaired) electrons. The van der Waals surface area contributed by atoms with Gasteiger partial charge in [-0.2, -0.15) is 0 Å². The van der Waals surface area contributed by atoms with E-state index in [-0.39, 0.29) is 5.41 Å². The molecule has 1 saturated carbocycles. The first-order chi connectivity index (χ1) is 12.6. The Balaban J connectivity index is 1.68. The number of fused-ring (bicyclic) bond motifs is 2. The lowest BCUT2D eigenvalue weighted by atomic mass is 9.67. The summed E-state index contributed by atoms with van der Waals surface area (Å²) in [5.41, 5.74) is 6.89. The highest BCUT2D eigenvalue weighted by molar-refractivity contribution is 5.64. The largest absolute Gasteiger partial charge is 0.496 e. The molecule has 4 rings (SSSR count). The summed E-state index contributed by atoms with van der Waals surface area (Å²) in [4.78, 5) is 0. The van der Waals surface area contributed by atoms with E-state index in [2.05, 4.69) is 67.7 Å². The summed E-state index contributed by atoms with van der Waals surface area (Å²) < 4.78 is 5.77. The molecule has 2 nitrogen and oxygen atoms in total. The van der Waals surface area contributed by atoms with E-state index in [4.69, 9.17) is 4.74 Å². The molecule has 2 aromatic rings. The van der Waals surface area contributed by atoms with E-state index in [9.17, 15) is 0 Å². The highest BCUT2D eigenvalue weighted by Crippen LogP contribution is 2.54. The molecule has 0 spiro atoms. The van der Waals surface area contributed by atoms with Gasteiger partial charge in [0.25, 0.3) is 0 Å². The van der Waals surface area contributed by atoms with Crippen LogP contribution in [0.2, 0.25) is 0 Å². The zero-order valence-electron chi connectivity index (χ0n) is 16.1. The Labute approximate surface area is 157 Å². The molecule has 0 aromatic heterocycles. The van der Waals surface area contributed by atoms with E-state index in [1.807, 2.05) is 0 Å². The maximum absolute atomic E-state index is 5.77. The second kappa shape index (κ2) is 6.83. The Morgan fingerprint density at radius 2 is 2.00 bits per heavy atom. The first-order valence-corrected chi connectivity index (χ1v) is 9.84. The molecule has 2 aliphatic rings. The summed E-state index contributed by atoms with van der Waals surface area (Å²) in [6.45, 7) is 4.58. The van der Waals surface area contributed by atoms with Gasteiger partial charge in [0.15, 0.2) is 0 Å². The van der Waals surface area contributed by atoms with Gasteiger partial charge >= 0.3 is 0 Å². The maximum atomic E-state index is 5.77. The maximum Gasteiger partial charge on any atom is 0.122 e. The molecular weight excluding hydrogens is 318 g/mol. The van der Waals surface area contributed by atoms with Crippen molar-refractivity contribution in [3.05, 3.63) is 65.2 Å². The molecule has 0 saturated heterocycles. The van der Waals surface area contributed by atoms with Crippen molar-refractivity contribution < 1.29 is 4.74 Å². The Kier molecular flexibility index (Phi) is 4.52. The third-order valence-corrected chi connectivity index (χ3v) is 6.09. The Bertz CT molecular complexity index is 838. The van der Waals surface area contributed by atoms with Crippen molar-refractivity contribution in [1.82, 2.24) is 0 Å². The molecule has 0 heterocycles. The van der Waals surface area contributed by atoms with Gasteiger partial charge in [-0.05, 0) is 73.9 Å². The molecule has 1 fully saturated rings. The lowest BCUT2D eigenvalue weighted by molar-refractivity contribution is 0.292. The predicted octanol–water partition coefficient (Wildman–Crippen LogP) is 6.39. The van der Waals surface area contributed by atoms with Crippen LogP contribution in [0.1, 0.15) is 50.7 Å². The molecule has 2 unspecified atom stereocenters. The van der Waals surface area contributed by atoms with Crippen molar-refractivity contribution in [3.63, 3.8) is 0 Å². The van der Waals surface area contributed by atoms with E-state index < -0.39 is 0 Å². The summed E-state index contributed by atoms with van der Waals surface area (Å²) >= 11 is 0. The van der Waals surface area contributed by atoms with Crippen LogP contribution in [-0.4, -0.2) is 7.11 Å². The quantitative estimate of drug-likeness (QED) is 0.633. The number of hydrogen-bond donors (Lipinski definition) is 1. The molecule has 0 aliphatic heterocycles. The summed E-state index contributed by atoms with van der Waals surface area (Å²) in [6, 6.07) is 15.3. The second-order valence-electron chi connectivity index (χ2n) is 8.13. The zero-order valence-corrected chi connectivity index (χ0v) is 16.1. The molecule has 2 heteroatoms. The minimum absolute atomic E-state index is 0.224. The van der Waals surface area contributed by atoms with E-state index in [0.29, 0.717) is 0 Å². The fraction of sp³-hybridized carbons (Fsp3) is 0.417. The molecular formula is C24H29NO. The van der Waals surface area contributed by atoms with E-state index in [1.165, 1.54) is 30.4 Å². The normalized spacial score (nSPS) is 24.3. The molecule has 1 N–H and O–H groups in total. The van der Waals surface area contributed by atoms with Gasteiger partial charge in [0.2, 0.25) is 0 Å². The van der Waals surface area contributed by atoms with Crippen LogP contribution in [0.5, 0.6) is 5.75 Å². The number of ether oxygens (including phenoxy) is 1. The average molecular weight is 348 g/mol. The molecule has 136 valence electrons. The number of anilines is 2. The standard InChI is InChI=1S/C24H29NO/c1-4-18-6-5-7-20(13-18)25-21-8-9-23(26-3)22(14-21)24-11-10-19(16-24)12-17(2)15-24/h5-10,13-14,17,25H,4,11-12,15-16H2,1-3H3. The fourth-order valence-electron chi connectivity index (χ4n) is 4.97. The van der Waals surface area contributed by atoms with Crippen molar-refractivity contribution in [2.24, 2.45) is 5.92 Å². The predicted molar refractivity (Wildman–Crippen MR) is 109 cm³/mol. The second-order valence-corrected chi connectivity index (χ2v) is 8.13. The SMILES string of the molecule is CCc1cccc(Nc2ccc(OC)c(C34CC=C(CC(C)C3)C4)c2)c1. The van der Waals surface area contributed by atoms with Crippen LogP contribution in [0.15, 0.2) is 54.1 Å². The number of aryl methyl sites for hydroxylation is 1. The van der Waals surface area contributed by atoms with Crippen LogP contribution in [0, 0.1) is 5.92 Å². The van der Waals surface area contributed by atoms with E-state index in [0.717, 1.165) is 35.9 Å². The number of rotatable bonds is 5. The first kappa shape index (κ1) is 17.2. The van der Waals surface area contributed by atoms with Gasteiger partial charge in [-0.3, -0.25) is 0 Å². The number of methoxy groups -OCH3 is 1. The molecule has 0 amide bonds. The minimum atomic E-state index is 0.224. The average Bonchev–Trinajstić information content (AvgIpc) is 2.97. The van der Waals surface area contributed by atoms with Crippen molar-refractivity contribution >= 4 is 11.4 Å². The third-order valence-electron chi connectivity index (χ3n) is 6.09. The van der Waals surface area contributed by atoms with Crippen molar-refractivity contribution in [1.29, 1.82) is 0 Å². The highest BCUT2D eigenvalue weighted by atomic mass is 16.5. The number of allylic oxidation sites excluding steroid dienone is 2. The van der Waals surface area contributed by atoms with Crippen LogP contribution in [0.4, 0.5) is 11.4 Å². The van der Waals surface area contributed by atoms with Gasteiger partial charge in [0.05, 0.1) is 7.11 Å². The summed E-state index contributed by atoms with van der Waals surface area (Å²) in [6.07, 6.45) is 8.40. The van der Waals surface area contributed by atoms with Gasteiger partial charge < -0.3 is 10.1 Å². The highest BCUT2D eigenvalue weighted by Gasteiger charge is 2.43. The van der Waals surface area contributed by atoms with Gasteiger partial charge in [-0.1, -0.05) is 37.6 Å². The van der Waals surface area contributed by atoms with Crippen LogP contribution < -0.4 is 10.1 Å². The Morgan fingerprint density at radius 3 is 2.81 bits per heavy atom. The summed E-state index contributed by atoms with van der Waals surface area (Å²) in [5, 5.41) is 3.60. The minimum Gasteiger partial charge on any atom is -0.496 e. The van der Waals surface area contributed by atoms with Gasteiger partial charge in [0.1, 0.15) is 5.75 Å². The van der Waals surface area contributed by atoms with Gasteiger partial charge in [0, 0.05) is 22.4 Å². The first-order valence-electron chi connectivity index (χ1n) is 9.84. The number of benzene rings is 2. The van der Waals surface area contributed by atoms with Gasteiger partial charge in [-0.15, -0.1) is 0 Å². The summed E-state index contributed by atoms with van der Waals surface area (Å²) in [5.74, 6) is 1.78. The fourth-order valence-corrected chi connectivity index (χ4v) is 4.97. The van der Waals surface area contributed by atoms with E-state index in [1.54, 1.807) is 12.7 Å². The van der Waals surface area contributed by atoms with Crippen LogP contribution in [-0.2, 0) is 11.8 Å². The lowest BCUT2D eigenvalue weighted by Crippen LogP contribution is -2.29. The Hall–Kier alpha value is -2.22. The number of hydrogen-bond acceptors (Lipinski definition) is 2.